The second-order valence-electron chi connectivity index (χ2n) is 5.48. The minimum atomic E-state index is -3.49. The molecule has 0 spiro atoms. The van der Waals surface area contributed by atoms with E-state index in [1.807, 2.05) is 25.2 Å². The van der Waals surface area contributed by atoms with Gasteiger partial charge in [0.15, 0.2) is 0 Å². The van der Waals surface area contributed by atoms with E-state index in [1.165, 1.54) is 0 Å². The maximum absolute atomic E-state index is 12.6. The Morgan fingerprint density at radius 1 is 1.33 bits per heavy atom. The number of hydrogen-bond donors (Lipinski definition) is 2. The smallest absolute Gasteiger partial charge is 0.301 e. The molecular weight excluding hydrogens is 286 g/mol. The summed E-state index contributed by atoms with van der Waals surface area (Å²) < 4.78 is 29.6. The number of piperidine rings is 1. The lowest BCUT2D eigenvalue weighted by Gasteiger charge is -2.34. The Labute approximate surface area is 127 Å². The first-order chi connectivity index (χ1) is 10.1. The predicted octanol–water partition coefficient (Wildman–Crippen LogP) is 1.98. The Morgan fingerprint density at radius 2 is 2.14 bits per heavy atom. The van der Waals surface area contributed by atoms with Gasteiger partial charge in [0, 0.05) is 19.1 Å². The van der Waals surface area contributed by atoms with E-state index in [2.05, 4.69) is 17.0 Å². The first-order valence-electron chi connectivity index (χ1n) is 7.60. The third-order valence-corrected chi connectivity index (χ3v) is 5.50. The number of aryl methyl sites for hydroxylation is 1. The summed E-state index contributed by atoms with van der Waals surface area (Å²) in [5.74, 6) is 0. The van der Waals surface area contributed by atoms with E-state index in [-0.39, 0.29) is 6.04 Å². The number of rotatable bonds is 6. The Balaban J connectivity index is 2.15. The molecule has 1 aliphatic heterocycles. The zero-order valence-corrected chi connectivity index (χ0v) is 13.6. The van der Waals surface area contributed by atoms with Gasteiger partial charge in [0.25, 0.3) is 0 Å². The van der Waals surface area contributed by atoms with Crippen molar-refractivity contribution in [3.8, 4) is 0 Å². The molecule has 0 aliphatic carbocycles. The minimum Gasteiger partial charge on any atom is -0.318 e. The minimum absolute atomic E-state index is 0.0376. The van der Waals surface area contributed by atoms with Gasteiger partial charge in [-0.15, -0.1) is 0 Å². The highest BCUT2D eigenvalue weighted by atomic mass is 32.2. The van der Waals surface area contributed by atoms with Crippen molar-refractivity contribution in [2.45, 2.75) is 38.6 Å². The van der Waals surface area contributed by atoms with E-state index >= 15 is 0 Å². The Hall–Kier alpha value is -1.11. The molecule has 1 heterocycles. The molecule has 0 amide bonds. The monoisotopic (exact) mass is 311 g/mol. The van der Waals surface area contributed by atoms with E-state index in [4.69, 9.17) is 0 Å². The van der Waals surface area contributed by atoms with Gasteiger partial charge in [0.1, 0.15) is 0 Å². The van der Waals surface area contributed by atoms with Crippen LogP contribution >= 0.6 is 0 Å². The highest BCUT2D eigenvalue weighted by Crippen LogP contribution is 2.22. The van der Waals surface area contributed by atoms with Gasteiger partial charge in [-0.25, -0.2) is 0 Å². The zero-order chi connectivity index (χ0) is 15.3. The molecule has 2 N–H and O–H groups in total. The third kappa shape index (κ3) is 4.18. The van der Waals surface area contributed by atoms with E-state index in [0.717, 1.165) is 31.2 Å². The summed E-state index contributed by atoms with van der Waals surface area (Å²) in [6, 6.07) is 7.62. The molecule has 0 bridgehead atoms. The van der Waals surface area contributed by atoms with Gasteiger partial charge in [-0.3, -0.25) is 4.72 Å². The molecule has 1 aromatic rings. The van der Waals surface area contributed by atoms with Crippen LogP contribution < -0.4 is 10.0 Å². The SMILES string of the molecule is CCc1cccc(NS(=O)(=O)N2CCCCC2CNC)c1. The molecule has 6 heteroatoms. The van der Waals surface area contributed by atoms with Gasteiger partial charge in [-0.1, -0.05) is 25.5 Å². The molecule has 1 unspecified atom stereocenters. The highest BCUT2D eigenvalue weighted by Gasteiger charge is 2.31. The summed E-state index contributed by atoms with van der Waals surface area (Å²) in [7, 11) is -1.63. The summed E-state index contributed by atoms with van der Waals surface area (Å²) in [5, 5.41) is 3.09. The predicted molar refractivity (Wildman–Crippen MR) is 86.6 cm³/mol. The first-order valence-corrected chi connectivity index (χ1v) is 9.04. The molecule has 1 saturated heterocycles. The van der Waals surface area contributed by atoms with Gasteiger partial charge < -0.3 is 5.32 Å². The number of anilines is 1. The molecule has 1 aromatic carbocycles. The van der Waals surface area contributed by atoms with Crippen LogP contribution in [0.15, 0.2) is 24.3 Å². The second-order valence-corrected chi connectivity index (χ2v) is 7.10. The van der Waals surface area contributed by atoms with Crippen molar-refractivity contribution in [2.24, 2.45) is 0 Å². The standard InChI is InChI=1S/C15H25N3O2S/c1-3-13-7-6-8-14(11-13)17-21(19,20)18-10-5-4-9-15(18)12-16-2/h6-8,11,15-17H,3-5,9-10,12H2,1-2H3. The number of likely N-dealkylation sites (N-methyl/N-ethyl adjacent to an activating group) is 1. The average Bonchev–Trinajstić information content (AvgIpc) is 2.48. The van der Waals surface area contributed by atoms with Crippen molar-refractivity contribution in [3.63, 3.8) is 0 Å². The van der Waals surface area contributed by atoms with E-state index in [1.54, 1.807) is 10.4 Å². The fourth-order valence-corrected chi connectivity index (χ4v) is 4.28. The third-order valence-electron chi connectivity index (χ3n) is 3.90. The van der Waals surface area contributed by atoms with Crippen molar-refractivity contribution in [3.05, 3.63) is 29.8 Å². The zero-order valence-electron chi connectivity index (χ0n) is 12.8. The van der Waals surface area contributed by atoms with Crippen molar-refractivity contribution in [1.29, 1.82) is 0 Å². The van der Waals surface area contributed by atoms with Gasteiger partial charge in [0.05, 0.1) is 5.69 Å². The maximum Gasteiger partial charge on any atom is 0.301 e. The first kappa shape index (κ1) is 16.3. The summed E-state index contributed by atoms with van der Waals surface area (Å²) in [4.78, 5) is 0. The Kier molecular flexibility index (Phi) is 5.61. The molecule has 21 heavy (non-hydrogen) atoms. The average molecular weight is 311 g/mol. The number of nitrogens with one attached hydrogen (secondary N) is 2. The Bertz CT molecular complexity index is 558. The number of benzene rings is 1. The number of nitrogens with zero attached hydrogens (tertiary/aromatic N) is 1. The van der Waals surface area contributed by atoms with Crippen molar-refractivity contribution >= 4 is 15.9 Å². The van der Waals surface area contributed by atoms with Gasteiger partial charge >= 0.3 is 10.2 Å². The molecule has 1 fully saturated rings. The molecule has 1 atom stereocenters. The maximum atomic E-state index is 12.6. The summed E-state index contributed by atoms with van der Waals surface area (Å²) in [6.45, 7) is 3.34. The molecular formula is C15H25N3O2S. The lowest BCUT2D eigenvalue weighted by atomic mass is 10.1. The highest BCUT2D eigenvalue weighted by molar-refractivity contribution is 7.90. The summed E-state index contributed by atoms with van der Waals surface area (Å²) in [6.07, 6.45) is 3.82. The molecule has 0 saturated carbocycles. The van der Waals surface area contributed by atoms with Crippen LogP contribution in [0.25, 0.3) is 0 Å². The fourth-order valence-electron chi connectivity index (χ4n) is 2.79. The van der Waals surface area contributed by atoms with E-state index < -0.39 is 10.2 Å². The summed E-state index contributed by atoms with van der Waals surface area (Å²) in [5.41, 5.74) is 1.77. The molecule has 2 rings (SSSR count). The number of hydrogen-bond acceptors (Lipinski definition) is 3. The van der Waals surface area contributed by atoms with Crippen LogP contribution in [-0.2, 0) is 16.6 Å². The van der Waals surface area contributed by atoms with Crippen LogP contribution in [0.2, 0.25) is 0 Å². The lowest BCUT2D eigenvalue weighted by molar-refractivity contribution is 0.250. The van der Waals surface area contributed by atoms with Gasteiger partial charge in [-0.05, 0) is 44.0 Å². The van der Waals surface area contributed by atoms with Crippen LogP contribution in [0, 0.1) is 0 Å². The van der Waals surface area contributed by atoms with Crippen LogP contribution in [0.5, 0.6) is 0 Å². The fraction of sp³-hybridized carbons (Fsp3) is 0.600. The van der Waals surface area contributed by atoms with E-state index in [9.17, 15) is 8.42 Å². The molecule has 0 radical (unpaired) electrons. The van der Waals surface area contributed by atoms with E-state index in [0.29, 0.717) is 18.8 Å². The van der Waals surface area contributed by atoms with Crippen LogP contribution in [0.3, 0.4) is 0 Å². The van der Waals surface area contributed by atoms with Crippen LogP contribution in [-0.4, -0.2) is 38.9 Å². The second kappa shape index (κ2) is 7.24. The Morgan fingerprint density at radius 3 is 2.86 bits per heavy atom. The lowest BCUT2D eigenvalue weighted by Crippen LogP contribution is -2.49. The molecule has 118 valence electrons. The summed E-state index contributed by atoms with van der Waals surface area (Å²) >= 11 is 0. The van der Waals surface area contributed by atoms with Crippen molar-refractivity contribution in [2.75, 3.05) is 24.9 Å². The van der Waals surface area contributed by atoms with Crippen LogP contribution in [0.1, 0.15) is 31.7 Å². The van der Waals surface area contributed by atoms with Crippen molar-refractivity contribution in [1.82, 2.24) is 9.62 Å². The normalized spacial score (nSPS) is 20.4. The molecule has 5 nitrogen and oxygen atoms in total. The largest absolute Gasteiger partial charge is 0.318 e. The molecule has 0 aromatic heterocycles. The topological polar surface area (TPSA) is 61.4 Å². The molecule has 1 aliphatic rings. The van der Waals surface area contributed by atoms with Gasteiger partial charge in [-0.2, -0.15) is 12.7 Å². The van der Waals surface area contributed by atoms with Crippen LogP contribution in [0.4, 0.5) is 5.69 Å². The van der Waals surface area contributed by atoms with Crippen molar-refractivity contribution < 1.29 is 8.42 Å². The quantitative estimate of drug-likeness (QED) is 0.844. The van der Waals surface area contributed by atoms with Gasteiger partial charge in [0.2, 0.25) is 0 Å².